The summed E-state index contributed by atoms with van der Waals surface area (Å²) in [6.07, 6.45) is 3.63. The average Bonchev–Trinajstić information content (AvgIpc) is 3.37. The lowest BCUT2D eigenvalue weighted by molar-refractivity contribution is -0.145. The Balaban J connectivity index is 2.93. The molecule has 0 radical (unpaired) electrons. The molecule has 0 spiro atoms. The van der Waals surface area contributed by atoms with Crippen molar-refractivity contribution in [2.75, 3.05) is 26.2 Å². The molecule has 1 saturated heterocycles. The molecule has 1 aliphatic rings. The number of guanidine groups is 2. The van der Waals surface area contributed by atoms with Crippen LogP contribution in [0.15, 0.2) is 9.98 Å². The zero-order valence-corrected chi connectivity index (χ0v) is 22.4. The van der Waals surface area contributed by atoms with E-state index in [0.717, 1.165) is 0 Å². The van der Waals surface area contributed by atoms with E-state index in [1.807, 2.05) is 0 Å². The first-order valence-corrected chi connectivity index (χ1v) is 13.2. The fourth-order valence-corrected chi connectivity index (χ4v) is 4.21. The van der Waals surface area contributed by atoms with Crippen molar-refractivity contribution in [3.05, 3.63) is 0 Å². The highest BCUT2D eigenvalue weighted by atomic mass is 16.4. The largest absolute Gasteiger partial charge is 0.480 e. The van der Waals surface area contributed by atoms with Crippen molar-refractivity contribution in [2.24, 2.45) is 44.4 Å². The van der Waals surface area contributed by atoms with E-state index in [1.165, 1.54) is 4.90 Å². The Bertz CT molecular complexity index is 875. The standard InChI is InChI=1S/C23H45N11O5/c24-10-2-1-7-16(21(38)39)33-19(36)17-9-5-13-34(17)20(37)15(8-4-12-31-23(28)29)32-18(35)14(25)6-3-11-30-22(26)27/h14-17H,1-13,24-25H2,(H,32,35)(H,33,36)(H,38,39)(H4,26,27,30)(H4,28,29,31). The monoisotopic (exact) mass is 555 g/mol. The summed E-state index contributed by atoms with van der Waals surface area (Å²) in [7, 11) is 0. The summed E-state index contributed by atoms with van der Waals surface area (Å²) < 4.78 is 0. The molecule has 15 N–H and O–H groups in total. The number of carbonyl (C=O) groups excluding carboxylic acids is 3. The smallest absolute Gasteiger partial charge is 0.326 e. The van der Waals surface area contributed by atoms with E-state index in [-0.39, 0.29) is 44.3 Å². The van der Waals surface area contributed by atoms with Gasteiger partial charge in [-0.2, -0.15) is 0 Å². The van der Waals surface area contributed by atoms with Crippen LogP contribution in [-0.2, 0) is 19.2 Å². The minimum atomic E-state index is -1.16. The molecule has 4 atom stereocenters. The Morgan fingerprint density at radius 3 is 2.03 bits per heavy atom. The van der Waals surface area contributed by atoms with Crippen molar-refractivity contribution in [3.8, 4) is 0 Å². The van der Waals surface area contributed by atoms with Gasteiger partial charge < -0.3 is 55.0 Å². The molecule has 0 aromatic carbocycles. The van der Waals surface area contributed by atoms with Gasteiger partial charge >= 0.3 is 5.97 Å². The van der Waals surface area contributed by atoms with Crippen LogP contribution >= 0.6 is 0 Å². The topological polar surface area (TPSA) is 297 Å². The van der Waals surface area contributed by atoms with Crippen LogP contribution in [0.1, 0.15) is 57.8 Å². The molecular weight excluding hydrogens is 510 g/mol. The number of likely N-dealkylation sites (tertiary alicyclic amines) is 1. The number of rotatable bonds is 18. The Labute approximate surface area is 228 Å². The molecule has 1 rings (SSSR count). The summed E-state index contributed by atoms with van der Waals surface area (Å²) in [5.41, 5.74) is 32.8. The third-order valence-corrected chi connectivity index (χ3v) is 6.26. The van der Waals surface area contributed by atoms with Gasteiger partial charge in [0.25, 0.3) is 0 Å². The lowest BCUT2D eigenvalue weighted by Crippen LogP contribution is -2.56. The van der Waals surface area contributed by atoms with Crippen LogP contribution in [0.4, 0.5) is 0 Å². The third kappa shape index (κ3) is 12.6. The number of carboxylic acid groups (broad SMARTS) is 1. The van der Waals surface area contributed by atoms with E-state index < -0.39 is 47.9 Å². The van der Waals surface area contributed by atoms with Gasteiger partial charge in [-0.25, -0.2) is 4.79 Å². The number of hydrogen-bond donors (Lipinski definition) is 9. The van der Waals surface area contributed by atoms with Crippen molar-refractivity contribution in [3.63, 3.8) is 0 Å². The second-order valence-corrected chi connectivity index (χ2v) is 9.44. The van der Waals surface area contributed by atoms with Gasteiger partial charge in [-0.05, 0) is 64.3 Å². The lowest BCUT2D eigenvalue weighted by atomic mass is 10.1. The quantitative estimate of drug-likeness (QED) is 0.0456. The highest BCUT2D eigenvalue weighted by Crippen LogP contribution is 2.20. The maximum absolute atomic E-state index is 13.5. The summed E-state index contributed by atoms with van der Waals surface area (Å²) in [4.78, 5) is 60.1. The van der Waals surface area contributed by atoms with Crippen LogP contribution in [0.25, 0.3) is 0 Å². The summed E-state index contributed by atoms with van der Waals surface area (Å²) in [5.74, 6) is -2.87. The van der Waals surface area contributed by atoms with Gasteiger partial charge in [-0.1, -0.05) is 0 Å². The van der Waals surface area contributed by atoms with Gasteiger partial charge in [0, 0.05) is 19.6 Å². The molecule has 1 fully saturated rings. The Morgan fingerprint density at radius 2 is 1.46 bits per heavy atom. The molecule has 16 heteroatoms. The minimum Gasteiger partial charge on any atom is -0.480 e. The second kappa shape index (κ2) is 17.8. The highest BCUT2D eigenvalue weighted by Gasteiger charge is 2.39. The normalized spacial score (nSPS) is 17.0. The fraction of sp³-hybridized carbons (Fsp3) is 0.739. The van der Waals surface area contributed by atoms with E-state index >= 15 is 0 Å². The first kappa shape index (κ1) is 33.4. The molecule has 39 heavy (non-hydrogen) atoms. The van der Waals surface area contributed by atoms with Gasteiger partial charge in [-0.15, -0.1) is 0 Å². The Hall–Kier alpha value is -3.66. The number of unbranched alkanes of at least 4 members (excludes halogenated alkanes) is 1. The number of nitrogens with two attached hydrogens (primary N) is 6. The van der Waals surface area contributed by atoms with Gasteiger partial charge in [-0.3, -0.25) is 24.4 Å². The molecule has 0 saturated carbocycles. The minimum absolute atomic E-state index is 0.0612. The highest BCUT2D eigenvalue weighted by molar-refractivity contribution is 5.94. The van der Waals surface area contributed by atoms with Crippen LogP contribution in [0.5, 0.6) is 0 Å². The molecule has 222 valence electrons. The van der Waals surface area contributed by atoms with Crippen LogP contribution in [0.2, 0.25) is 0 Å². The number of aliphatic imine (C=N–C) groups is 2. The summed E-state index contributed by atoms with van der Waals surface area (Å²) in [6, 6.07) is -3.84. The summed E-state index contributed by atoms with van der Waals surface area (Å²) >= 11 is 0. The second-order valence-electron chi connectivity index (χ2n) is 9.44. The molecule has 0 aromatic heterocycles. The SMILES string of the molecule is NCCCCC(NC(=O)C1CCCN1C(=O)C(CCCN=C(N)N)NC(=O)C(N)CCCN=C(N)N)C(=O)O. The molecule has 0 aliphatic carbocycles. The lowest BCUT2D eigenvalue weighted by Gasteiger charge is -2.30. The predicted octanol–water partition coefficient (Wildman–Crippen LogP) is -3.40. The zero-order chi connectivity index (χ0) is 29.4. The number of amides is 3. The molecule has 16 nitrogen and oxygen atoms in total. The van der Waals surface area contributed by atoms with E-state index in [0.29, 0.717) is 51.6 Å². The predicted molar refractivity (Wildman–Crippen MR) is 147 cm³/mol. The van der Waals surface area contributed by atoms with Gasteiger partial charge in [0.2, 0.25) is 17.7 Å². The first-order valence-electron chi connectivity index (χ1n) is 13.2. The number of hydrogen-bond acceptors (Lipinski definition) is 8. The number of aliphatic carboxylic acids is 1. The van der Waals surface area contributed by atoms with Crippen LogP contribution in [0, 0.1) is 0 Å². The summed E-state index contributed by atoms with van der Waals surface area (Å²) in [5, 5.41) is 14.8. The van der Waals surface area contributed by atoms with E-state index in [2.05, 4.69) is 20.6 Å². The molecule has 3 amide bonds. The molecular formula is C23H45N11O5. The van der Waals surface area contributed by atoms with Gasteiger partial charge in [0.05, 0.1) is 6.04 Å². The maximum atomic E-state index is 13.5. The fourth-order valence-electron chi connectivity index (χ4n) is 4.21. The number of carboxylic acids is 1. The van der Waals surface area contributed by atoms with Crippen LogP contribution in [-0.4, -0.2) is 96.0 Å². The first-order chi connectivity index (χ1) is 18.5. The number of carbonyl (C=O) groups is 4. The molecule has 4 unspecified atom stereocenters. The van der Waals surface area contributed by atoms with Crippen LogP contribution in [0.3, 0.4) is 0 Å². The third-order valence-electron chi connectivity index (χ3n) is 6.26. The molecule has 0 bridgehead atoms. The average molecular weight is 556 g/mol. The van der Waals surface area contributed by atoms with Crippen molar-refractivity contribution in [1.82, 2.24) is 15.5 Å². The Morgan fingerprint density at radius 1 is 0.872 bits per heavy atom. The van der Waals surface area contributed by atoms with Crippen molar-refractivity contribution in [1.29, 1.82) is 0 Å². The van der Waals surface area contributed by atoms with Gasteiger partial charge in [0.15, 0.2) is 11.9 Å². The van der Waals surface area contributed by atoms with Crippen molar-refractivity contribution in [2.45, 2.75) is 82.0 Å². The number of nitrogens with zero attached hydrogens (tertiary/aromatic N) is 3. The van der Waals surface area contributed by atoms with E-state index in [4.69, 9.17) is 34.4 Å². The number of nitrogens with one attached hydrogen (secondary N) is 2. The van der Waals surface area contributed by atoms with Crippen molar-refractivity contribution < 1.29 is 24.3 Å². The summed E-state index contributed by atoms with van der Waals surface area (Å²) in [6.45, 7) is 1.24. The molecule has 0 aromatic rings. The van der Waals surface area contributed by atoms with E-state index in [1.54, 1.807) is 0 Å². The zero-order valence-electron chi connectivity index (χ0n) is 22.4. The van der Waals surface area contributed by atoms with Crippen molar-refractivity contribution >= 4 is 35.6 Å². The van der Waals surface area contributed by atoms with E-state index in [9.17, 15) is 24.3 Å². The maximum Gasteiger partial charge on any atom is 0.326 e. The molecule has 1 aliphatic heterocycles. The van der Waals surface area contributed by atoms with Crippen LogP contribution < -0.4 is 45.0 Å². The molecule has 1 heterocycles. The van der Waals surface area contributed by atoms with Gasteiger partial charge in [0.1, 0.15) is 18.1 Å². The Kier molecular flexibility index (Phi) is 15.2.